The van der Waals surface area contributed by atoms with Gasteiger partial charge in [0.15, 0.2) is 11.9 Å². The molecule has 1 aromatic rings. The zero-order valence-electron chi connectivity index (χ0n) is 9.93. The van der Waals surface area contributed by atoms with Crippen LogP contribution < -0.4 is 4.57 Å². The maximum atomic E-state index is 2.37. The second-order valence-corrected chi connectivity index (χ2v) is 3.89. The third-order valence-electron chi connectivity index (χ3n) is 2.79. The van der Waals surface area contributed by atoms with Crippen LogP contribution in [0.3, 0.4) is 0 Å². The fourth-order valence-corrected chi connectivity index (χ4v) is 1.97. The Morgan fingerprint density at radius 1 is 1.14 bits per heavy atom. The van der Waals surface area contributed by atoms with Crippen molar-refractivity contribution < 1.29 is 4.57 Å². The van der Waals surface area contributed by atoms with E-state index in [2.05, 4.69) is 44.6 Å². The lowest BCUT2D eigenvalue weighted by Gasteiger charge is -2.06. The van der Waals surface area contributed by atoms with Gasteiger partial charge in [0, 0.05) is 17.5 Å². The molecule has 0 aromatic carbocycles. The van der Waals surface area contributed by atoms with E-state index >= 15 is 0 Å². The molecule has 0 aliphatic rings. The molecule has 78 valence electrons. The quantitative estimate of drug-likeness (QED) is 0.646. The fraction of sp³-hybridized carbons (Fsp3) is 0.615. The normalized spacial score (nSPS) is 10.6. The first-order chi connectivity index (χ1) is 6.72. The minimum atomic E-state index is 1.13. The van der Waals surface area contributed by atoms with E-state index in [0.717, 1.165) is 12.8 Å². The number of aromatic nitrogens is 1. The van der Waals surface area contributed by atoms with E-state index in [9.17, 15) is 0 Å². The van der Waals surface area contributed by atoms with Crippen LogP contribution in [-0.2, 0) is 26.3 Å². The lowest BCUT2D eigenvalue weighted by molar-refractivity contribution is -0.680. The van der Waals surface area contributed by atoms with Gasteiger partial charge in [0.2, 0.25) is 0 Å². The van der Waals surface area contributed by atoms with Crippen molar-refractivity contribution >= 4 is 0 Å². The van der Waals surface area contributed by atoms with Gasteiger partial charge in [0.25, 0.3) is 0 Å². The van der Waals surface area contributed by atoms with E-state index in [-0.39, 0.29) is 0 Å². The molecule has 0 fully saturated rings. The van der Waals surface area contributed by atoms with Crippen LogP contribution in [0.25, 0.3) is 0 Å². The first-order valence-electron chi connectivity index (χ1n) is 5.73. The van der Waals surface area contributed by atoms with Crippen LogP contribution in [0.5, 0.6) is 0 Å². The summed E-state index contributed by atoms with van der Waals surface area (Å²) in [6.07, 6.45) is 6.98. The highest BCUT2D eigenvalue weighted by Crippen LogP contribution is 2.10. The van der Waals surface area contributed by atoms with Gasteiger partial charge in [-0.1, -0.05) is 20.8 Å². The van der Waals surface area contributed by atoms with Crippen molar-refractivity contribution in [2.75, 3.05) is 0 Å². The van der Waals surface area contributed by atoms with Crippen molar-refractivity contribution in [1.82, 2.24) is 0 Å². The second kappa shape index (κ2) is 5.14. The lowest BCUT2D eigenvalue weighted by atomic mass is 10.0. The number of rotatable bonds is 4. The van der Waals surface area contributed by atoms with Gasteiger partial charge in [-0.3, -0.25) is 0 Å². The topological polar surface area (TPSA) is 3.88 Å². The third-order valence-corrected chi connectivity index (χ3v) is 2.79. The van der Waals surface area contributed by atoms with E-state index in [1.54, 1.807) is 0 Å². The Morgan fingerprint density at radius 3 is 2.36 bits per heavy atom. The Morgan fingerprint density at radius 2 is 1.86 bits per heavy atom. The number of nitrogens with zero attached hydrogens (tertiary/aromatic N) is 1. The predicted molar refractivity (Wildman–Crippen MR) is 60.4 cm³/mol. The van der Waals surface area contributed by atoms with Crippen LogP contribution >= 0.6 is 0 Å². The Bertz CT molecular complexity index is 302. The second-order valence-electron chi connectivity index (χ2n) is 3.89. The molecule has 14 heavy (non-hydrogen) atoms. The third kappa shape index (κ3) is 2.34. The molecule has 0 saturated carbocycles. The Balaban J connectivity index is 3.13. The summed E-state index contributed by atoms with van der Waals surface area (Å²) in [5, 5.41) is 0. The molecule has 1 nitrogen and oxygen atoms in total. The molecule has 0 spiro atoms. The van der Waals surface area contributed by atoms with Crippen LogP contribution in [-0.4, -0.2) is 0 Å². The zero-order valence-corrected chi connectivity index (χ0v) is 9.93. The van der Waals surface area contributed by atoms with Crippen molar-refractivity contribution in [3.8, 4) is 0 Å². The number of aryl methyl sites for hydroxylation is 3. The highest BCUT2D eigenvalue weighted by atomic mass is 14.9. The smallest absolute Gasteiger partial charge is 0.184 e. The monoisotopic (exact) mass is 192 g/mol. The van der Waals surface area contributed by atoms with Gasteiger partial charge in [-0.25, -0.2) is 4.57 Å². The van der Waals surface area contributed by atoms with Crippen LogP contribution in [0.15, 0.2) is 12.3 Å². The molecular weight excluding hydrogens is 170 g/mol. The van der Waals surface area contributed by atoms with Crippen molar-refractivity contribution in [2.45, 2.75) is 46.5 Å². The van der Waals surface area contributed by atoms with E-state index < -0.39 is 0 Å². The molecule has 1 heteroatoms. The summed E-state index contributed by atoms with van der Waals surface area (Å²) in [5.41, 5.74) is 4.48. The van der Waals surface area contributed by atoms with Gasteiger partial charge in [-0.15, -0.1) is 0 Å². The van der Waals surface area contributed by atoms with E-state index in [1.807, 2.05) is 0 Å². The van der Waals surface area contributed by atoms with E-state index in [0.29, 0.717) is 0 Å². The molecule has 1 rings (SSSR count). The summed E-state index contributed by atoms with van der Waals surface area (Å²) in [6.45, 7) is 6.70. The van der Waals surface area contributed by atoms with Gasteiger partial charge >= 0.3 is 0 Å². The van der Waals surface area contributed by atoms with Crippen LogP contribution in [0.1, 0.15) is 44.0 Å². The number of pyridine rings is 1. The molecule has 0 saturated heterocycles. The molecule has 1 aromatic heterocycles. The molecule has 0 atom stereocenters. The van der Waals surface area contributed by atoms with Gasteiger partial charge in [0.1, 0.15) is 7.05 Å². The molecular formula is C13H22N+. The van der Waals surface area contributed by atoms with Crippen LogP contribution in [0.4, 0.5) is 0 Å². The van der Waals surface area contributed by atoms with Gasteiger partial charge in [-0.05, 0) is 25.3 Å². The first-order valence-corrected chi connectivity index (χ1v) is 5.73. The molecule has 0 aliphatic carbocycles. The predicted octanol–water partition coefficient (Wildman–Crippen LogP) is 2.59. The molecule has 1 heterocycles. The van der Waals surface area contributed by atoms with Crippen molar-refractivity contribution in [1.29, 1.82) is 0 Å². The summed E-state index contributed by atoms with van der Waals surface area (Å²) in [7, 11) is 2.17. The molecule has 0 unspecified atom stereocenters. The van der Waals surface area contributed by atoms with Gasteiger partial charge < -0.3 is 0 Å². The van der Waals surface area contributed by atoms with E-state index in [1.165, 1.54) is 29.7 Å². The summed E-state index contributed by atoms with van der Waals surface area (Å²) in [5.74, 6) is 0. The standard InChI is InChI=1S/C13H22N/c1-5-8-13-12(7-3)9-11(6-2)10-14(13)4/h9-10H,5-8H2,1-4H3/q+1. The SMILES string of the molecule is CCCc1c(CC)cc(CC)c[n+]1C. The molecule has 0 amide bonds. The van der Waals surface area contributed by atoms with Crippen LogP contribution in [0, 0.1) is 0 Å². The van der Waals surface area contributed by atoms with E-state index in [4.69, 9.17) is 0 Å². The Kier molecular flexibility index (Phi) is 4.12. The molecule has 0 aliphatic heterocycles. The lowest BCUT2D eigenvalue weighted by Crippen LogP contribution is -2.35. The highest BCUT2D eigenvalue weighted by Gasteiger charge is 2.12. The number of hydrogen-bond acceptors (Lipinski definition) is 0. The maximum Gasteiger partial charge on any atom is 0.184 e. The summed E-state index contributed by atoms with van der Waals surface area (Å²) in [6, 6.07) is 2.37. The molecule has 0 radical (unpaired) electrons. The fourth-order valence-electron chi connectivity index (χ4n) is 1.97. The zero-order chi connectivity index (χ0) is 10.6. The van der Waals surface area contributed by atoms with Gasteiger partial charge in [-0.2, -0.15) is 0 Å². The molecule has 0 N–H and O–H groups in total. The average Bonchev–Trinajstić information content (AvgIpc) is 2.20. The summed E-state index contributed by atoms with van der Waals surface area (Å²) < 4.78 is 2.31. The maximum absolute atomic E-state index is 2.37. The number of hydrogen-bond donors (Lipinski definition) is 0. The summed E-state index contributed by atoms with van der Waals surface area (Å²) in [4.78, 5) is 0. The minimum absolute atomic E-state index is 1.13. The van der Waals surface area contributed by atoms with Crippen molar-refractivity contribution in [3.05, 3.63) is 29.1 Å². The minimum Gasteiger partial charge on any atom is -0.205 e. The van der Waals surface area contributed by atoms with Crippen molar-refractivity contribution in [2.24, 2.45) is 7.05 Å². The Hall–Kier alpha value is -0.850. The van der Waals surface area contributed by atoms with Gasteiger partial charge in [0.05, 0.1) is 0 Å². The largest absolute Gasteiger partial charge is 0.205 e. The average molecular weight is 192 g/mol. The van der Waals surface area contributed by atoms with Crippen LogP contribution in [0.2, 0.25) is 0 Å². The molecule has 0 bridgehead atoms. The van der Waals surface area contributed by atoms with Crippen molar-refractivity contribution in [3.63, 3.8) is 0 Å². The summed E-state index contributed by atoms with van der Waals surface area (Å²) >= 11 is 0. The first kappa shape index (κ1) is 11.2. The highest BCUT2D eigenvalue weighted by molar-refractivity contribution is 5.21. The Labute approximate surface area is 87.8 Å².